The van der Waals surface area contributed by atoms with Crippen LogP contribution in [0.15, 0.2) is 12.1 Å². The van der Waals surface area contributed by atoms with Crippen LogP contribution in [0.4, 0.5) is 13.2 Å². The number of rotatable bonds is 5. The van der Waals surface area contributed by atoms with E-state index in [0.29, 0.717) is 0 Å². The number of carbonyl (C=O) groups excluding carboxylic acids is 1. The molecule has 0 saturated carbocycles. The molecule has 0 radical (unpaired) electrons. The predicted octanol–water partition coefficient (Wildman–Crippen LogP) is 3.34. The molecule has 0 heterocycles. The average Bonchev–Trinajstić information content (AvgIpc) is 2.30. The highest BCUT2D eigenvalue weighted by Crippen LogP contribution is 2.25. The van der Waals surface area contributed by atoms with Gasteiger partial charge in [0.15, 0.2) is 0 Å². The summed E-state index contributed by atoms with van der Waals surface area (Å²) < 4.78 is 46.6. The van der Waals surface area contributed by atoms with Crippen molar-refractivity contribution in [1.82, 2.24) is 0 Å². The molecule has 0 atom stereocenters. The van der Waals surface area contributed by atoms with Crippen molar-refractivity contribution < 1.29 is 27.4 Å². The highest BCUT2D eigenvalue weighted by atomic mass is 35.5. The molecule has 0 aromatic heterocycles. The summed E-state index contributed by atoms with van der Waals surface area (Å²) in [5, 5.41) is 0. The van der Waals surface area contributed by atoms with Gasteiger partial charge in [-0.1, -0.05) is 0 Å². The van der Waals surface area contributed by atoms with Crippen LogP contribution in [0.25, 0.3) is 0 Å². The third-order valence-electron chi connectivity index (χ3n) is 1.99. The minimum atomic E-state index is -3.08. The molecule has 100 valence electrons. The first-order valence-corrected chi connectivity index (χ1v) is 5.53. The van der Waals surface area contributed by atoms with Crippen LogP contribution in [0.3, 0.4) is 0 Å². The van der Waals surface area contributed by atoms with E-state index in [1.54, 1.807) is 0 Å². The second kappa shape index (κ2) is 6.49. The van der Waals surface area contributed by atoms with Gasteiger partial charge in [-0.2, -0.15) is 8.78 Å². The number of halogens is 4. The Morgan fingerprint density at radius 3 is 2.61 bits per heavy atom. The number of carbonyl (C=O) groups is 1. The predicted molar refractivity (Wildman–Crippen MR) is 58.5 cm³/mol. The van der Waals surface area contributed by atoms with E-state index >= 15 is 0 Å². The monoisotopic (exact) mass is 282 g/mol. The number of esters is 1. The molecular weight excluding hydrogens is 273 g/mol. The average molecular weight is 283 g/mol. The molecule has 0 fully saturated rings. The van der Waals surface area contributed by atoms with Crippen LogP contribution in [0, 0.1) is 5.82 Å². The lowest BCUT2D eigenvalue weighted by molar-refractivity contribution is -0.0500. The topological polar surface area (TPSA) is 35.5 Å². The Bertz CT molecular complexity index is 438. The number of hydrogen-bond acceptors (Lipinski definition) is 3. The SMILES string of the molecule is CCOC(=O)c1cc(OC(F)F)cc(CCl)c1F. The van der Waals surface area contributed by atoms with Crippen LogP contribution in [-0.4, -0.2) is 19.2 Å². The van der Waals surface area contributed by atoms with Crippen molar-refractivity contribution in [2.75, 3.05) is 6.61 Å². The van der Waals surface area contributed by atoms with Crippen molar-refractivity contribution in [3.8, 4) is 5.75 Å². The first-order chi connectivity index (χ1) is 8.49. The fourth-order valence-electron chi connectivity index (χ4n) is 1.28. The molecule has 1 aromatic carbocycles. The summed E-state index contributed by atoms with van der Waals surface area (Å²) in [6.45, 7) is -1.50. The Hall–Kier alpha value is -1.43. The second-order valence-electron chi connectivity index (χ2n) is 3.18. The molecule has 0 spiro atoms. The molecule has 0 bridgehead atoms. The molecule has 0 aliphatic rings. The maximum atomic E-state index is 13.7. The Morgan fingerprint density at radius 1 is 1.44 bits per heavy atom. The van der Waals surface area contributed by atoms with Crippen molar-refractivity contribution in [3.05, 3.63) is 29.1 Å². The molecule has 0 amide bonds. The third kappa shape index (κ3) is 3.53. The van der Waals surface area contributed by atoms with Gasteiger partial charge < -0.3 is 9.47 Å². The maximum absolute atomic E-state index is 13.7. The summed E-state index contributed by atoms with van der Waals surface area (Å²) in [6.07, 6.45) is 0. The molecule has 0 aliphatic carbocycles. The minimum absolute atomic E-state index is 0.0361. The quantitative estimate of drug-likeness (QED) is 0.614. The second-order valence-corrected chi connectivity index (χ2v) is 3.44. The molecule has 0 N–H and O–H groups in total. The van der Waals surface area contributed by atoms with Gasteiger partial charge in [-0.25, -0.2) is 9.18 Å². The van der Waals surface area contributed by atoms with Gasteiger partial charge in [-0.15, -0.1) is 11.6 Å². The van der Waals surface area contributed by atoms with E-state index in [1.807, 2.05) is 0 Å². The smallest absolute Gasteiger partial charge is 0.387 e. The molecule has 1 rings (SSSR count). The zero-order chi connectivity index (χ0) is 13.7. The number of hydrogen-bond donors (Lipinski definition) is 0. The van der Waals surface area contributed by atoms with Gasteiger partial charge in [0, 0.05) is 5.56 Å². The van der Waals surface area contributed by atoms with Crippen LogP contribution in [0.2, 0.25) is 0 Å². The normalized spacial score (nSPS) is 10.6. The summed E-state index contributed by atoms with van der Waals surface area (Å²) in [7, 11) is 0. The molecule has 18 heavy (non-hydrogen) atoms. The van der Waals surface area contributed by atoms with Crippen molar-refractivity contribution in [1.29, 1.82) is 0 Å². The lowest BCUT2D eigenvalue weighted by atomic mass is 10.1. The van der Waals surface area contributed by atoms with E-state index in [1.165, 1.54) is 6.92 Å². The van der Waals surface area contributed by atoms with Crippen LogP contribution in [0.1, 0.15) is 22.8 Å². The fraction of sp³-hybridized carbons (Fsp3) is 0.364. The molecular formula is C11H10ClF3O3. The van der Waals surface area contributed by atoms with Gasteiger partial charge >= 0.3 is 12.6 Å². The Morgan fingerprint density at radius 2 is 2.11 bits per heavy atom. The largest absolute Gasteiger partial charge is 0.462 e. The summed E-state index contributed by atoms with van der Waals surface area (Å²) in [6, 6.07) is 1.87. The van der Waals surface area contributed by atoms with Gasteiger partial charge in [0.05, 0.1) is 18.1 Å². The van der Waals surface area contributed by atoms with Gasteiger partial charge in [-0.05, 0) is 19.1 Å². The molecule has 3 nitrogen and oxygen atoms in total. The minimum Gasteiger partial charge on any atom is -0.462 e. The first kappa shape index (κ1) is 14.6. The number of ether oxygens (including phenoxy) is 2. The highest BCUT2D eigenvalue weighted by molar-refractivity contribution is 6.17. The third-order valence-corrected chi connectivity index (χ3v) is 2.27. The van der Waals surface area contributed by atoms with Gasteiger partial charge in [-0.3, -0.25) is 0 Å². The molecule has 7 heteroatoms. The highest BCUT2D eigenvalue weighted by Gasteiger charge is 2.19. The summed E-state index contributed by atoms with van der Waals surface area (Å²) in [4.78, 5) is 11.4. The fourth-order valence-corrected chi connectivity index (χ4v) is 1.48. The van der Waals surface area contributed by atoms with Crippen LogP contribution in [-0.2, 0) is 10.6 Å². The zero-order valence-corrected chi connectivity index (χ0v) is 10.1. The van der Waals surface area contributed by atoms with Gasteiger partial charge in [0.25, 0.3) is 0 Å². The molecule has 0 unspecified atom stereocenters. The van der Waals surface area contributed by atoms with E-state index in [0.717, 1.165) is 12.1 Å². The van der Waals surface area contributed by atoms with Crippen molar-refractivity contribution in [2.24, 2.45) is 0 Å². The van der Waals surface area contributed by atoms with Gasteiger partial charge in [0.2, 0.25) is 0 Å². The van der Waals surface area contributed by atoms with E-state index in [2.05, 4.69) is 9.47 Å². The number of benzene rings is 1. The molecule has 0 aliphatic heterocycles. The Labute approximate surface area is 106 Å². The van der Waals surface area contributed by atoms with E-state index in [-0.39, 0.29) is 23.8 Å². The van der Waals surface area contributed by atoms with E-state index in [9.17, 15) is 18.0 Å². The maximum Gasteiger partial charge on any atom is 0.387 e. The van der Waals surface area contributed by atoms with Crippen molar-refractivity contribution in [2.45, 2.75) is 19.4 Å². The van der Waals surface area contributed by atoms with Crippen LogP contribution < -0.4 is 4.74 Å². The number of alkyl halides is 3. The Balaban J connectivity index is 3.18. The zero-order valence-electron chi connectivity index (χ0n) is 9.38. The van der Waals surface area contributed by atoms with E-state index in [4.69, 9.17) is 11.6 Å². The van der Waals surface area contributed by atoms with E-state index < -0.39 is 24.0 Å². The van der Waals surface area contributed by atoms with Crippen LogP contribution >= 0.6 is 11.6 Å². The molecule has 0 saturated heterocycles. The lowest BCUT2D eigenvalue weighted by Crippen LogP contribution is -2.11. The standard InChI is InChI=1S/C11H10ClF3O3/c1-2-17-10(16)8-4-7(18-11(14)15)3-6(5-12)9(8)13/h3-4,11H,2,5H2,1H3. The van der Waals surface area contributed by atoms with Crippen molar-refractivity contribution >= 4 is 17.6 Å². The van der Waals surface area contributed by atoms with Crippen molar-refractivity contribution in [3.63, 3.8) is 0 Å². The summed E-state index contributed by atoms with van der Waals surface area (Å²) >= 11 is 5.46. The molecule has 1 aromatic rings. The van der Waals surface area contributed by atoms with Crippen LogP contribution in [0.5, 0.6) is 5.75 Å². The Kier molecular flexibility index (Phi) is 5.27. The van der Waals surface area contributed by atoms with Gasteiger partial charge in [0.1, 0.15) is 11.6 Å². The summed E-state index contributed by atoms with van der Waals surface area (Å²) in [5.74, 6) is -2.48. The first-order valence-electron chi connectivity index (χ1n) is 4.99. The lowest BCUT2D eigenvalue weighted by Gasteiger charge is -2.10. The summed E-state index contributed by atoms with van der Waals surface area (Å²) in [5.41, 5.74) is -0.594.